The molecular formula is C12H13N3. The number of pyridine rings is 2. The topological polar surface area (TPSA) is 51.8 Å². The molecule has 0 saturated heterocycles. The highest BCUT2D eigenvalue weighted by molar-refractivity contribution is 5.72. The maximum Gasteiger partial charge on any atom is 0.0946 e. The van der Waals surface area contributed by atoms with Crippen LogP contribution in [-0.4, -0.2) is 9.97 Å². The van der Waals surface area contributed by atoms with Gasteiger partial charge in [-0.1, -0.05) is 0 Å². The van der Waals surface area contributed by atoms with E-state index >= 15 is 0 Å². The number of nitrogen functional groups attached to an aromatic ring is 1. The summed E-state index contributed by atoms with van der Waals surface area (Å²) in [5, 5.41) is 0. The lowest BCUT2D eigenvalue weighted by molar-refractivity contribution is 1.23. The molecule has 0 saturated carbocycles. The van der Waals surface area contributed by atoms with Crippen LogP contribution in [0.2, 0.25) is 0 Å². The predicted molar refractivity (Wildman–Crippen MR) is 61.4 cm³/mol. The Labute approximate surface area is 89.0 Å². The zero-order valence-corrected chi connectivity index (χ0v) is 8.86. The SMILES string of the molecule is Cc1cncc(-c2ncc(C)cc2N)c1. The molecule has 3 heteroatoms. The molecule has 0 bridgehead atoms. The van der Waals surface area contributed by atoms with E-state index < -0.39 is 0 Å². The number of nitrogens with zero attached hydrogens (tertiary/aromatic N) is 2. The van der Waals surface area contributed by atoms with Gasteiger partial charge in [-0.3, -0.25) is 9.97 Å². The van der Waals surface area contributed by atoms with Gasteiger partial charge in [0.2, 0.25) is 0 Å². The summed E-state index contributed by atoms with van der Waals surface area (Å²) in [5.74, 6) is 0. The van der Waals surface area contributed by atoms with E-state index in [-0.39, 0.29) is 0 Å². The first kappa shape index (κ1) is 9.65. The molecule has 0 aliphatic carbocycles. The maximum absolute atomic E-state index is 5.91. The van der Waals surface area contributed by atoms with Crippen LogP contribution in [0.15, 0.2) is 30.7 Å². The number of hydrogen-bond donors (Lipinski definition) is 1. The monoisotopic (exact) mass is 199 g/mol. The van der Waals surface area contributed by atoms with E-state index in [1.165, 1.54) is 0 Å². The van der Waals surface area contributed by atoms with Gasteiger partial charge in [-0.05, 0) is 37.1 Å². The normalized spacial score (nSPS) is 10.3. The average Bonchev–Trinajstić information content (AvgIpc) is 2.17. The molecule has 0 amide bonds. The number of hydrogen-bond acceptors (Lipinski definition) is 3. The van der Waals surface area contributed by atoms with Gasteiger partial charge in [0, 0.05) is 24.2 Å². The molecule has 15 heavy (non-hydrogen) atoms. The summed E-state index contributed by atoms with van der Waals surface area (Å²) < 4.78 is 0. The van der Waals surface area contributed by atoms with Crippen molar-refractivity contribution in [3.8, 4) is 11.3 Å². The van der Waals surface area contributed by atoms with E-state index in [9.17, 15) is 0 Å². The molecule has 2 aromatic rings. The Morgan fingerprint density at radius 2 is 1.73 bits per heavy atom. The minimum absolute atomic E-state index is 0.697. The van der Waals surface area contributed by atoms with Crippen molar-refractivity contribution in [3.05, 3.63) is 41.9 Å². The zero-order valence-electron chi connectivity index (χ0n) is 8.86. The Balaban J connectivity index is 2.54. The second kappa shape index (κ2) is 3.69. The Kier molecular flexibility index (Phi) is 2.37. The Morgan fingerprint density at radius 1 is 1.00 bits per heavy atom. The van der Waals surface area contributed by atoms with Gasteiger partial charge < -0.3 is 5.73 Å². The molecule has 76 valence electrons. The van der Waals surface area contributed by atoms with E-state index in [1.807, 2.05) is 38.4 Å². The fourth-order valence-corrected chi connectivity index (χ4v) is 1.52. The molecule has 2 aromatic heterocycles. The highest BCUT2D eigenvalue weighted by Gasteiger charge is 2.04. The van der Waals surface area contributed by atoms with Crippen LogP contribution >= 0.6 is 0 Å². The van der Waals surface area contributed by atoms with Gasteiger partial charge in [-0.25, -0.2) is 0 Å². The first-order chi connectivity index (χ1) is 7.16. The van der Waals surface area contributed by atoms with Crippen LogP contribution in [0.5, 0.6) is 0 Å². The minimum Gasteiger partial charge on any atom is -0.397 e. The predicted octanol–water partition coefficient (Wildman–Crippen LogP) is 2.34. The fraction of sp³-hybridized carbons (Fsp3) is 0.167. The molecule has 2 N–H and O–H groups in total. The summed E-state index contributed by atoms with van der Waals surface area (Å²) >= 11 is 0. The number of aryl methyl sites for hydroxylation is 2. The second-order valence-electron chi connectivity index (χ2n) is 3.70. The van der Waals surface area contributed by atoms with Crippen molar-refractivity contribution >= 4 is 5.69 Å². The van der Waals surface area contributed by atoms with Crippen molar-refractivity contribution in [3.63, 3.8) is 0 Å². The largest absolute Gasteiger partial charge is 0.397 e. The molecule has 0 aromatic carbocycles. The van der Waals surface area contributed by atoms with Crippen LogP contribution in [0, 0.1) is 13.8 Å². The molecule has 3 nitrogen and oxygen atoms in total. The van der Waals surface area contributed by atoms with Crippen LogP contribution < -0.4 is 5.73 Å². The number of anilines is 1. The number of rotatable bonds is 1. The van der Waals surface area contributed by atoms with Gasteiger partial charge in [-0.2, -0.15) is 0 Å². The van der Waals surface area contributed by atoms with E-state index in [1.54, 1.807) is 6.20 Å². The van der Waals surface area contributed by atoms with Gasteiger partial charge >= 0.3 is 0 Å². The molecule has 2 heterocycles. The van der Waals surface area contributed by atoms with Crippen molar-refractivity contribution in [1.29, 1.82) is 0 Å². The molecule has 2 rings (SSSR count). The highest BCUT2D eigenvalue weighted by Crippen LogP contribution is 2.23. The summed E-state index contributed by atoms with van der Waals surface area (Å²) in [6, 6.07) is 3.95. The van der Waals surface area contributed by atoms with Gasteiger partial charge in [0.25, 0.3) is 0 Å². The first-order valence-electron chi connectivity index (χ1n) is 4.81. The van der Waals surface area contributed by atoms with Gasteiger partial charge in [0.05, 0.1) is 11.4 Å². The smallest absolute Gasteiger partial charge is 0.0946 e. The lowest BCUT2D eigenvalue weighted by Gasteiger charge is -2.05. The second-order valence-corrected chi connectivity index (χ2v) is 3.70. The maximum atomic E-state index is 5.91. The van der Waals surface area contributed by atoms with Crippen molar-refractivity contribution in [1.82, 2.24) is 9.97 Å². The minimum atomic E-state index is 0.697. The summed E-state index contributed by atoms with van der Waals surface area (Å²) in [6.45, 7) is 3.97. The highest BCUT2D eigenvalue weighted by atomic mass is 14.7. The molecule has 0 spiro atoms. The van der Waals surface area contributed by atoms with E-state index in [0.717, 1.165) is 22.4 Å². The molecular weight excluding hydrogens is 186 g/mol. The van der Waals surface area contributed by atoms with Crippen LogP contribution in [0.1, 0.15) is 11.1 Å². The van der Waals surface area contributed by atoms with Gasteiger partial charge in [-0.15, -0.1) is 0 Å². The summed E-state index contributed by atoms with van der Waals surface area (Å²) in [4.78, 5) is 8.45. The van der Waals surface area contributed by atoms with E-state index in [0.29, 0.717) is 5.69 Å². The third-order valence-electron chi connectivity index (χ3n) is 2.20. The van der Waals surface area contributed by atoms with Crippen LogP contribution in [0.3, 0.4) is 0 Å². The lowest BCUT2D eigenvalue weighted by atomic mass is 10.1. The molecule has 0 atom stereocenters. The van der Waals surface area contributed by atoms with Crippen molar-refractivity contribution in [2.24, 2.45) is 0 Å². The van der Waals surface area contributed by atoms with Crippen molar-refractivity contribution < 1.29 is 0 Å². The van der Waals surface area contributed by atoms with E-state index in [4.69, 9.17) is 5.73 Å². The quantitative estimate of drug-likeness (QED) is 0.767. The Hall–Kier alpha value is -1.90. The van der Waals surface area contributed by atoms with Crippen LogP contribution in [0.4, 0.5) is 5.69 Å². The Bertz CT molecular complexity index is 492. The number of aromatic nitrogens is 2. The van der Waals surface area contributed by atoms with E-state index in [2.05, 4.69) is 9.97 Å². The summed E-state index contributed by atoms with van der Waals surface area (Å²) in [5.41, 5.74) is 10.6. The molecule has 0 radical (unpaired) electrons. The molecule has 0 aliphatic rings. The van der Waals surface area contributed by atoms with Gasteiger partial charge in [0.1, 0.15) is 0 Å². The van der Waals surface area contributed by atoms with Crippen molar-refractivity contribution in [2.75, 3.05) is 5.73 Å². The third-order valence-corrected chi connectivity index (χ3v) is 2.20. The van der Waals surface area contributed by atoms with Gasteiger partial charge in [0.15, 0.2) is 0 Å². The molecule has 0 aliphatic heterocycles. The molecule has 0 unspecified atom stereocenters. The third kappa shape index (κ3) is 1.96. The standard InChI is InChI=1S/C12H13N3/c1-8-3-10(7-14-5-8)12-11(13)4-9(2)6-15-12/h3-7H,13H2,1-2H3. The Morgan fingerprint density at radius 3 is 2.40 bits per heavy atom. The fourth-order valence-electron chi connectivity index (χ4n) is 1.52. The molecule has 0 fully saturated rings. The van der Waals surface area contributed by atoms with Crippen molar-refractivity contribution in [2.45, 2.75) is 13.8 Å². The first-order valence-corrected chi connectivity index (χ1v) is 4.81. The lowest BCUT2D eigenvalue weighted by Crippen LogP contribution is -1.95. The average molecular weight is 199 g/mol. The summed E-state index contributed by atoms with van der Waals surface area (Å²) in [7, 11) is 0. The van der Waals surface area contributed by atoms with Crippen LogP contribution in [-0.2, 0) is 0 Å². The zero-order chi connectivity index (χ0) is 10.8. The van der Waals surface area contributed by atoms with Crippen LogP contribution in [0.25, 0.3) is 11.3 Å². The summed E-state index contributed by atoms with van der Waals surface area (Å²) in [6.07, 6.45) is 5.41. The number of nitrogens with two attached hydrogens (primary N) is 1.